The van der Waals surface area contributed by atoms with E-state index >= 15 is 0 Å². The molecule has 0 spiro atoms. The van der Waals surface area contributed by atoms with Gasteiger partial charge in [-0.1, -0.05) is 42.7 Å². The molecule has 15 nitrogen and oxygen atoms in total. The first-order valence-corrected chi connectivity index (χ1v) is 16.5. The van der Waals surface area contributed by atoms with Crippen LogP contribution in [0.3, 0.4) is 0 Å². The number of hydrogen-bond acceptors (Lipinski definition) is 9. The van der Waals surface area contributed by atoms with Crippen molar-refractivity contribution < 1.29 is 74.0 Å². The van der Waals surface area contributed by atoms with Crippen LogP contribution < -0.4 is 21.3 Å². The van der Waals surface area contributed by atoms with Crippen LogP contribution >= 0.6 is 0 Å². The number of carboxylic acids is 3. The highest BCUT2D eigenvalue weighted by Gasteiger charge is 2.39. The molecule has 2 aliphatic rings. The van der Waals surface area contributed by atoms with Gasteiger partial charge in [0.15, 0.2) is 5.96 Å². The summed E-state index contributed by atoms with van der Waals surface area (Å²) in [5.41, 5.74) is 8.67. The van der Waals surface area contributed by atoms with Gasteiger partial charge >= 0.3 is 36.4 Å². The lowest BCUT2D eigenvalue weighted by Crippen LogP contribution is -2.50. The van der Waals surface area contributed by atoms with Crippen LogP contribution in [-0.2, 0) is 14.4 Å². The lowest BCUT2D eigenvalue weighted by molar-refractivity contribution is -0.193. The van der Waals surface area contributed by atoms with Gasteiger partial charge in [-0.05, 0) is 44.0 Å². The van der Waals surface area contributed by atoms with E-state index in [1.807, 2.05) is 42.2 Å². The molecule has 2 unspecified atom stereocenters. The summed E-state index contributed by atoms with van der Waals surface area (Å²) in [6, 6.07) is 16.4. The molecule has 0 radical (unpaired) electrons. The minimum atomic E-state index is -5.08. The van der Waals surface area contributed by atoms with Crippen molar-refractivity contribution in [3.05, 3.63) is 59.9 Å². The van der Waals surface area contributed by atoms with E-state index < -0.39 is 36.4 Å². The van der Waals surface area contributed by atoms with E-state index in [9.17, 15) is 44.3 Å². The van der Waals surface area contributed by atoms with E-state index in [2.05, 4.69) is 38.7 Å². The maximum absolute atomic E-state index is 13.5. The molecule has 2 aromatic carbocycles. The number of piperazine rings is 1. The average Bonchev–Trinajstić information content (AvgIpc) is 3.12. The van der Waals surface area contributed by atoms with Gasteiger partial charge in [0, 0.05) is 49.3 Å². The number of hydrogen-bond donors (Lipinski definition) is 7. The van der Waals surface area contributed by atoms with E-state index in [0.717, 1.165) is 55.2 Å². The maximum atomic E-state index is 13.5. The molecule has 1 amide bonds. The summed E-state index contributed by atoms with van der Waals surface area (Å²) in [5.74, 6) is -7.56. The fourth-order valence-electron chi connectivity index (χ4n) is 5.25. The van der Waals surface area contributed by atoms with Gasteiger partial charge in [-0.15, -0.1) is 0 Å². The quantitative estimate of drug-likeness (QED) is 0.102. The molecule has 2 atom stereocenters. The third-order valence-electron chi connectivity index (χ3n) is 7.89. The Hall–Kier alpha value is -6.10. The largest absolute Gasteiger partial charge is 0.490 e. The Morgan fingerprint density at radius 3 is 1.68 bits per heavy atom. The molecule has 0 bridgehead atoms. The number of aliphatic carboxylic acids is 3. The highest BCUT2D eigenvalue weighted by molar-refractivity contribution is 5.97. The Kier molecular flexibility index (Phi) is 16.7. The second-order valence-corrected chi connectivity index (χ2v) is 12.1. The molecule has 24 heteroatoms. The maximum Gasteiger partial charge on any atom is 0.490 e. The summed E-state index contributed by atoms with van der Waals surface area (Å²) in [4.78, 5) is 53.8. The van der Waals surface area contributed by atoms with Crippen LogP contribution in [0.1, 0.15) is 41.9 Å². The zero-order valence-electron chi connectivity index (χ0n) is 29.7. The first kappa shape index (κ1) is 47.1. The second kappa shape index (κ2) is 20.2. The van der Waals surface area contributed by atoms with Crippen LogP contribution in [-0.4, -0.2) is 117 Å². The first-order chi connectivity index (χ1) is 26.3. The number of guanidine groups is 1. The summed E-state index contributed by atoms with van der Waals surface area (Å²) in [6.07, 6.45) is -11.2. The summed E-state index contributed by atoms with van der Waals surface area (Å²) in [6.45, 7) is 4.83. The van der Waals surface area contributed by atoms with Crippen molar-refractivity contribution in [2.24, 2.45) is 5.73 Å². The Labute approximate surface area is 317 Å². The standard InChI is InChI=1S/C27H34N8O.3C2HF3O2/c1-18-11-12-21-20(17-18)24(31-22-9-5-6-10-23(22)32-27(28)29)33-25(30-21)26(36)35-15-13-34(14-16-35)19-7-3-2-4-8-19;3*3-2(4,5)1(6)7/h2-4,7-8,11-12,17,22-23H,5-6,9-10,13-16H2,1H3,(H4,28,29,32)(H,30,31,33);3*(H,6,7). The number of anilines is 2. The van der Waals surface area contributed by atoms with Crippen molar-refractivity contribution in [3.8, 4) is 0 Å². The summed E-state index contributed by atoms with van der Waals surface area (Å²) >= 11 is 0. The van der Waals surface area contributed by atoms with E-state index in [4.69, 9.17) is 45.8 Å². The number of carbonyl (C=O) groups excluding carboxylic acids is 1. The van der Waals surface area contributed by atoms with Crippen molar-refractivity contribution in [1.82, 2.24) is 20.2 Å². The number of carbonyl (C=O) groups is 4. The molecule has 1 aliphatic heterocycles. The second-order valence-electron chi connectivity index (χ2n) is 12.1. The monoisotopic (exact) mass is 828 g/mol. The van der Waals surface area contributed by atoms with E-state index in [1.165, 1.54) is 5.69 Å². The molecule has 1 saturated heterocycles. The van der Waals surface area contributed by atoms with Gasteiger partial charge < -0.3 is 41.5 Å². The number of rotatable bonds is 5. The topological polar surface area (TPSA) is 235 Å². The molecule has 3 aromatic rings. The van der Waals surface area contributed by atoms with Gasteiger partial charge in [0.05, 0.1) is 5.52 Å². The Morgan fingerprint density at radius 2 is 1.23 bits per heavy atom. The Balaban J connectivity index is 0.000000438. The molecule has 314 valence electrons. The van der Waals surface area contributed by atoms with Gasteiger partial charge in [0.25, 0.3) is 5.91 Å². The van der Waals surface area contributed by atoms with E-state index in [1.54, 1.807) is 0 Å². The highest BCUT2D eigenvalue weighted by Crippen LogP contribution is 2.28. The molecular weight excluding hydrogens is 791 g/mol. The number of nitrogens with zero attached hydrogens (tertiary/aromatic N) is 4. The number of amides is 1. The number of aryl methyl sites for hydroxylation is 1. The number of para-hydroxylation sites is 1. The number of nitrogens with one attached hydrogen (secondary N) is 3. The lowest BCUT2D eigenvalue weighted by atomic mass is 9.90. The van der Waals surface area contributed by atoms with Gasteiger partial charge in [0.1, 0.15) is 5.82 Å². The van der Waals surface area contributed by atoms with Crippen LogP contribution in [0.2, 0.25) is 0 Å². The molecule has 2 fully saturated rings. The number of aromatic nitrogens is 2. The lowest BCUT2D eigenvalue weighted by Gasteiger charge is -2.36. The van der Waals surface area contributed by atoms with Crippen LogP contribution in [0.4, 0.5) is 51.0 Å². The van der Waals surface area contributed by atoms with Crippen molar-refractivity contribution in [3.63, 3.8) is 0 Å². The number of carboxylic acid groups (broad SMARTS) is 3. The van der Waals surface area contributed by atoms with Gasteiger partial charge in [0.2, 0.25) is 5.82 Å². The van der Waals surface area contributed by atoms with E-state index in [0.29, 0.717) is 18.9 Å². The third-order valence-corrected chi connectivity index (χ3v) is 7.89. The third kappa shape index (κ3) is 15.5. The van der Waals surface area contributed by atoms with Crippen molar-refractivity contribution in [1.29, 1.82) is 5.41 Å². The average molecular weight is 829 g/mol. The number of halogens is 9. The number of fused-ring (bicyclic) bond motifs is 1. The Morgan fingerprint density at radius 1 is 0.754 bits per heavy atom. The first-order valence-electron chi connectivity index (χ1n) is 16.5. The van der Waals surface area contributed by atoms with Crippen LogP contribution in [0, 0.1) is 12.3 Å². The molecule has 5 rings (SSSR count). The van der Waals surface area contributed by atoms with Gasteiger partial charge in [-0.3, -0.25) is 10.2 Å². The zero-order chi connectivity index (χ0) is 43.3. The molecule has 1 aliphatic carbocycles. The SMILES string of the molecule is Cc1ccc2nc(C(=O)N3CCN(c4ccccc4)CC3)nc(NC3CCCCC3NC(=N)N)c2c1.O=C(O)C(F)(F)F.O=C(O)C(F)(F)F.O=C(O)C(F)(F)F. The van der Waals surface area contributed by atoms with Gasteiger partial charge in [-0.2, -0.15) is 39.5 Å². The molecule has 8 N–H and O–H groups in total. The fraction of sp³-hybridized carbons (Fsp3) is 0.424. The minimum Gasteiger partial charge on any atom is -0.475 e. The molecule has 57 heavy (non-hydrogen) atoms. The summed E-state index contributed by atoms with van der Waals surface area (Å²) in [7, 11) is 0. The van der Waals surface area contributed by atoms with Crippen molar-refractivity contribution in [2.75, 3.05) is 36.4 Å². The zero-order valence-corrected chi connectivity index (χ0v) is 29.7. The smallest absolute Gasteiger partial charge is 0.475 e. The molecule has 2 heterocycles. The Bertz CT molecular complexity index is 1800. The molecule has 1 saturated carbocycles. The van der Waals surface area contributed by atoms with Crippen LogP contribution in [0.5, 0.6) is 0 Å². The minimum absolute atomic E-state index is 0.0254. The van der Waals surface area contributed by atoms with Crippen LogP contribution in [0.25, 0.3) is 10.9 Å². The van der Waals surface area contributed by atoms with Crippen LogP contribution in [0.15, 0.2) is 48.5 Å². The van der Waals surface area contributed by atoms with Gasteiger partial charge in [-0.25, -0.2) is 24.4 Å². The fourth-order valence-corrected chi connectivity index (χ4v) is 5.25. The van der Waals surface area contributed by atoms with Crippen molar-refractivity contribution in [2.45, 2.75) is 63.2 Å². The van der Waals surface area contributed by atoms with Crippen molar-refractivity contribution >= 4 is 52.2 Å². The molecule has 1 aromatic heterocycles. The summed E-state index contributed by atoms with van der Waals surface area (Å²) in [5, 5.41) is 36.6. The number of nitrogens with two attached hydrogens (primary N) is 1. The number of benzene rings is 2. The number of alkyl halides is 9. The predicted octanol–water partition coefficient (Wildman–Crippen LogP) is 5.01. The highest BCUT2D eigenvalue weighted by atomic mass is 19.4. The predicted molar refractivity (Wildman–Crippen MR) is 185 cm³/mol. The molecular formula is C33H37F9N8O7. The summed E-state index contributed by atoms with van der Waals surface area (Å²) < 4.78 is 95.2. The normalized spacial score (nSPS) is 16.9. The van der Waals surface area contributed by atoms with E-state index in [-0.39, 0.29) is 29.8 Å².